The fourth-order valence-corrected chi connectivity index (χ4v) is 2.07. The molecule has 0 saturated carbocycles. The van der Waals surface area contributed by atoms with Gasteiger partial charge in [0.1, 0.15) is 0 Å². The third kappa shape index (κ3) is 3.39. The highest BCUT2D eigenvalue weighted by molar-refractivity contribution is 5.61. The second kappa shape index (κ2) is 7.10. The van der Waals surface area contributed by atoms with E-state index in [1.165, 1.54) is 5.56 Å². The summed E-state index contributed by atoms with van der Waals surface area (Å²) in [5, 5.41) is 6.58. The molecule has 4 nitrogen and oxygen atoms in total. The average Bonchev–Trinajstić information content (AvgIpc) is 2.43. The van der Waals surface area contributed by atoms with Gasteiger partial charge in [0, 0.05) is 19.7 Å². The summed E-state index contributed by atoms with van der Waals surface area (Å²) in [5.41, 5.74) is 2.41. The van der Waals surface area contributed by atoms with E-state index in [2.05, 4.69) is 40.7 Å². The first kappa shape index (κ1) is 16.2. The largest absolute Gasteiger partial charge is 1.00 e. The summed E-state index contributed by atoms with van der Waals surface area (Å²) in [6, 6.07) is 10.3. The molecule has 0 aliphatic heterocycles. The first-order valence-electron chi connectivity index (χ1n) is 6.56. The van der Waals surface area contributed by atoms with Gasteiger partial charge in [-0.2, -0.15) is 0 Å². The number of rotatable bonds is 4. The average molecular weight is 293 g/mol. The molecule has 2 aromatic rings. The van der Waals surface area contributed by atoms with E-state index in [0.29, 0.717) is 0 Å². The Hall–Kier alpha value is -1.81. The maximum Gasteiger partial charge on any atom is 0.237 e. The Bertz CT molecular complexity index is 584. The lowest BCUT2D eigenvalue weighted by molar-refractivity contribution is -0.666. The molecule has 2 rings (SSSR count). The maximum absolute atomic E-state index is 4.56. The van der Waals surface area contributed by atoms with Crippen LogP contribution in [0.2, 0.25) is 0 Å². The van der Waals surface area contributed by atoms with E-state index in [0.717, 1.165) is 29.6 Å². The van der Waals surface area contributed by atoms with Crippen molar-refractivity contribution in [2.45, 2.75) is 20.3 Å². The summed E-state index contributed by atoms with van der Waals surface area (Å²) in [6.07, 6.45) is 1.00. The molecule has 20 heavy (non-hydrogen) atoms. The smallest absolute Gasteiger partial charge is 0.237 e. The fraction of sp³-hybridized carbons (Fsp3) is 0.333. The highest BCUT2D eigenvalue weighted by Gasteiger charge is 2.12. The van der Waals surface area contributed by atoms with E-state index in [1.807, 2.05) is 37.7 Å². The van der Waals surface area contributed by atoms with Gasteiger partial charge in [0.2, 0.25) is 17.5 Å². The Balaban J connectivity index is 0.00000200. The SMILES string of the molecule is CCc1ccccc1Nc1cc(NC)[n+](C)c(C)n1.[Cl-]. The zero-order valence-corrected chi connectivity index (χ0v) is 13.1. The predicted molar refractivity (Wildman–Crippen MR) is 78.8 cm³/mol. The van der Waals surface area contributed by atoms with E-state index >= 15 is 0 Å². The van der Waals surface area contributed by atoms with Crippen LogP contribution in [0.15, 0.2) is 30.3 Å². The van der Waals surface area contributed by atoms with Crippen molar-refractivity contribution in [3.8, 4) is 0 Å². The Labute approximate surface area is 126 Å². The molecule has 0 radical (unpaired) electrons. The second-order valence-electron chi connectivity index (χ2n) is 4.52. The van der Waals surface area contributed by atoms with Crippen molar-refractivity contribution in [3.63, 3.8) is 0 Å². The molecule has 1 aromatic heterocycles. The first-order valence-corrected chi connectivity index (χ1v) is 6.56. The molecule has 0 unspecified atom stereocenters. The summed E-state index contributed by atoms with van der Waals surface area (Å²) in [6.45, 7) is 4.15. The minimum Gasteiger partial charge on any atom is -1.00 e. The maximum atomic E-state index is 4.56. The zero-order chi connectivity index (χ0) is 13.8. The van der Waals surface area contributed by atoms with Crippen LogP contribution in [-0.2, 0) is 13.5 Å². The van der Waals surface area contributed by atoms with E-state index in [1.54, 1.807) is 0 Å². The molecule has 2 N–H and O–H groups in total. The standard InChI is InChI=1S/C15H20N4.ClH/c1-5-12-8-6-7-9-13(12)18-14-10-15(16-3)19(4)11(2)17-14;/h6-10H,5H2,1-4H3,(H,16,18);1H. The summed E-state index contributed by atoms with van der Waals surface area (Å²) < 4.78 is 2.02. The van der Waals surface area contributed by atoms with Gasteiger partial charge in [0.05, 0.1) is 13.1 Å². The van der Waals surface area contributed by atoms with Crippen molar-refractivity contribution < 1.29 is 17.0 Å². The second-order valence-corrected chi connectivity index (χ2v) is 4.52. The lowest BCUT2D eigenvalue weighted by atomic mass is 10.1. The number of aromatic nitrogens is 2. The van der Waals surface area contributed by atoms with Crippen LogP contribution in [-0.4, -0.2) is 12.0 Å². The van der Waals surface area contributed by atoms with Crippen LogP contribution in [0.1, 0.15) is 18.3 Å². The molecule has 0 atom stereocenters. The van der Waals surface area contributed by atoms with E-state index in [9.17, 15) is 0 Å². The van der Waals surface area contributed by atoms with E-state index < -0.39 is 0 Å². The number of anilines is 3. The van der Waals surface area contributed by atoms with Crippen molar-refractivity contribution in [1.29, 1.82) is 0 Å². The predicted octanol–water partition coefficient (Wildman–Crippen LogP) is -0.434. The van der Waals surface area contributed by atoms with Gasteiger partial charge in [-0.15, -0.1) is 0 Å². The molecule has 0 fully saturated rings. The summed E-state index contributed by atoms with van der Waals surface area (Å²) >= 11 is 0. The van der Waals surface area contributed by atoms with Crippen LogP contribution < -0.4 is 27.6 Å². The minimum absolute atomic E-state index is 0. The Kier molecular flexibility index (Phi) is 5.77. The third-order valence-electron chi connectivity index (χ3n) is 3.32. The van der Waals surface area contributed by atoms with Crippen molar-refractivity contribution in [2.75, 3.05) is 17.7 Å². The molecule has 108 valence electrons. The Morgan fingerprint density at radius 2 is 1.95 bits per heavy atom. The minimum atomic E-state index is 0. The third-order valence-corrected chi connectivity index (χ3v) is 3.32. The molecule has 0 aliphatic carbocycles. The Morgan fingerprint density at radius 3 is 2.60 bits per heavy atom. The van der Waals surface area contributed by atoms with Gasteiger partial charge >= 0.3 is 0 Å². The molecular formula is C15H21ClN4. The molecule has 0 amide bonds. The van der Waals surface area contributed by atoms with E-state index in [4.69, 9.17) is 0 Å². The molecule has 5 heteroatoms. The molecule has 0 aliphatic rings. The Morgan fingerprint density at radius 1 is 1.25 bits per heavy atom. The van der Waals surface area contributed by atoms with Crippen LogP contribution in [0.3, 0.4) is 0 Å². The molecule has 0 spiro atoms. The van der Waals surface area contributed by atoms with Crippen LogP contribution in [0.25, 0.3) is 0 Å². The molecule has 1 aromatic carbocycles. The van der Waals surface area contributed by atoms with Crippen LogP contribution in [0.4, 0.5) is 17.3 Å². The van der Waals surface area contributed by atoms with Crippen molar-refractivity contribution >= 4 is 17.3 Å². The normalized spacial score (nSPS) is 9.80. The number of halogens is 1. The van der Waals surface area contributed by atoms with Gasteiger partial charge in [-0.25, -0.2) is 4.57 Å². The lowest BCUT2D eigenvalue weighted by Crippen LogP contribution is -3.00. The molecule has 0 bridgehead atoms. The quantitative estimate of drug-likeness (QED) is 0.751. The van der Waals surface area contributed by atoms with Gasteiger partial charge in [0.15, 0.2) is 0 Å². The number of nitrogens with zero attached hydrogens (tertiary/aromatic N) is 2. The number of hydrogen-bond donors (Lipinski definition) is 2. The van der Waals surface area contributed by atoms with E-state index in [-0.39, 0.29) is 12.4 Å². The number of benzene rings is 1. The molecular weight excluding hydrogens is 272 g/mol. The number of hydrogen-bond acceptors (Lipinski definition) is 3. The van der Waals surface area contributed by atoms with Crippen molar-refractivity contribution in [1.82, 2.24) is 4.98 Å². The zero-order valence-electron chi connectivity index (χ0n) is 12.4. The van der Waals surface area contributed by atoms with Crippen LogP contribution >= 0.6 is 0 Å². The fourth-order valence-electron chi connectivity index (χ4n) is 2.07. The van der Waals surface area contributed by atoms with Gasteiger partial charge in [-0.1, -0.05) is 30.1 Å². The molecule has 0 saturated heterocycles. The first-order chi connectivity index (χ1) is 9.15. The van der Waals surface area contributed by atoms with Gasteiger partial charge in [-0.3, -0.25) is 0 Å². The number of para-hydroxylation sites is 1. The summed E-state index contributed by atoms with van der Waals surface area (Å²) in [7, 11) is 3.91. The van der Waals surface area contributed by atoms with Crippen molar-refractivity contribution in [3.05, 3.63) is 41.7 Å². The number of aryl methyl sites for hydroxylation is 2. The number of nitrogens with one attached hydrogen (secondary N) is 2. The summed E-state index contributed by atoms with van der Waals surface area (Å²) in [4.78, 5) is 4.56. The highest BCUT2D eigenvalue weighted by Crippen LogP contribution is 2.20. The van der Waals surface area contributed by atoms with Gasteiger partial charge in [-0.05, 0) is 18.1 Å². The molecule has 1 heterocycles. The van der Waals surface area contributed by atoms with Gasteiger partial charge < -0.3 is 23.0 Å². The van der Waals surface area contributed by atoms with Gasteiger partial charge in [0.25, 0.3) is 0 Å². The highest BCUT2D eigenvalue weighted by atomic mass is 35.5. The van der Waals surface area contributed by atoms with Crippen LogP contribution in [0, 0.1) is 6.92 Å². The van der Waals surface area contributed by atoms with Crippen molar-refractivity contribution in [2.24, 2.45) is 7.05 Å². The lowest BCUT2D eigenvalue weighted by Gasteiger charge is -2.10. The summed E-state index contributed by atoms with van der Waals surface area (Å²) in [5.74, 6) is 2.85. The monoisotopic (exact) mass is 292 g/mol. The topological polar surface area (TPSA) is 40.8 Å². The van der Waals surface area contributed by atoms with Crippen LogP contribution in [0.5, 0.6) is 0 Å².